The number of fused-ring (bicyclic) bond motifs is 1. The van der Waals surface area contributed by atoms with E-state index in [1.165, 1.54) is 16.7 Å². The van der Waals surface area contributed by atoms with E-state index in [9.17, 15) is 0 Å². The summed E-state index contributed by atoms with van der Waals surface area (Å²) in [5.74, 6) is 0.942. The molecule has 1 aliphatic rings. The molecule has 2 atom stereocenters. The molecule has 0 radical (unpaired) electrons. The predicted octanol–water partition coefficient (Wildman–Crippen LogP) is 4.80. The van der Waals surface area contributed by atoms with E-state index in [0.29, 0.717) is 12.1 Å². The fraction of sp³-hybridized carbons (Fsp3) is 0.333. The minimum atomic E-state index is 0.324. The second-order valence-corrected chi connectivity index (χ2v) is 6.52. The molecule has 0 saturated carbocycles. The van der Waals surface area contributed by atoms with Gasteiger partial charge in [-0.05, 0) is 60.7 Å². The molecule has 2 nitrogen and oxygen atoms in total. The maximum atomic E-state index is 5.36. The first kappa shape index (κ1) is 14.6. The molecule has 0 saturated heterocycles. The first-order chi connectivity index (χ1) is 10.2. The average Bonchev–Trinajstić information content (AvgIpc) is 2.89. The van der Waals surface area contributed by atoms with Gasteiger partial charge in [-0.3, -0.25) is 0 Å². The molecule has 1 aliphatic carbocycles. The maximum Gasteiger partial charge on any atom is 0.119 e. The van der Waals surface area contributed by atoms with Crippen LogP contribution in [0.2, 0.25) is 0 Å². The summed E-state index contributed by atoms with van der Waals surface area (Å²) >= 11 is 3.54. The number of benzene rings is 2. The highest BCUT2D eigenvalue weighted by Crippen LogP contribution is 2.35. The van der Waals surface area contributed by atoms with E-state index in [4.69, 9.17) is 4.74 Å². The lowest BCUT2D eigenvalue weighted by Gasteiger charge is -2.21. The van der Waals surface area contributed by atoms with Gasteiger partial charge in [0.15, 0.2) is 0 Å². The average molecular weight is 346 g/mol. The number of halogens is 1. The molecular weight excluding hydrogens is 326 g/mol. The van der Waals surface area contributed by atoms with Gasteiger partial charge in [0.1, 0.15) is 5.75 Å². The molecule has 2 aromatic rings. The SMILES string of the molecule is COc1ccc2c(c1)C(N[C@H](C)c1cccc(Br)c1)CC2. The highest BCUT2D eigenvalue weighted by molar-refractivity contribution is 9.10. The van der Waals surface area contributed by atoms with Crippen molar-refractivity contribution in [1.29, 1.82) is 0 Å². The summed E-state index contributed by atoms with van der Waals surface area (Å²) in [5.41, 5.74) is 4.13. The summed E-state index contributed by atoms with van der Waals surface area (Å²) in [6, 6.07) is 15.7. The van der Waals surface area contributed by atoms with Gasteiger partial charge in [-0.2, -0.15) is 0 Å². The zero-order chi connectivity index (χ0) is 14.8. The maximum absolute atomic E-state index is 5.36. The molecule has 1 unspecified atom stereocenters. The van der Waals surface area contributed by atoms with Crippen molar-refractivity contribution in [3.63, 3.8) is 0 Å². The molecule has 0 heterocycles. The molecule has 0 aromatic heterocycles. The van der Waals surface area contributed by atoms with Crippen LogP contribution in [-0.2, 0) is 6.42 Å². The smallest absolute Gasteiger partial charge is 0.119 e. The Balaban J connectivity index is 1.78. The minimum absolute atomic E-state index is 0.324. The Labute approximate surface area is 134 Å². The first-order valence-electron chi connectivity index (χ1n) is 7.35. The quantitative estimate of drug-likeness (QED) is 0.859. The van der Waals surface area contributed by atoms with Crippen molar-refractivity contribution in [2.24, 2.45) is 0 Å². The molecule has 110 valence electrons. The number of aryl methyl sites for hydroxylation is 1. The van der Waals surface area contributed by atoms with E-state index in [2.05, 4.69) is 70.6 Å². The molecule has 0 spiro atoms. The lowest BCUT2D eigenvalue weighted by atomic mass is 10.0. The third-order valence-electron chi connectivity index (χ3n) is 4.23. The Morgan fingerprint density at radius 3 is 2.86 bits per heavy atom. The van der Waals surface area contributed by atoms with Gasteiger partial charge in [0.25, 0.3) is 0 Å². The number of hydrogen-bond acceptors (Lipinski definition) is 2. The second kappa shape index (κ2) is 6.20. The van der Waals surface area contributed by atoms with Gasteiger partial charge < -0.3 is 10.1 Å². The largest absolute Gasteiger partial charge is 0.497 e. The van der Waals surface area contributed by atoms with Crippen LogP contribution in [0, 0.1) is 0 Å². The fourth-order valence-electron chi connectivity index (χ4n) is 3.05. The second-order valence-electron chi connectivity index (χ2n) is 5.60. The van der Waals surface area contributed by atoms with Crippen LogP contribution in [0.5, 0.6) is 5.75 Å². The van der Waals surface area contributed by atoms with Crippen LogP contribution in [0.25, 0.3) is 0 Å². The number of hydrogen-bond donors (Lipinski definition) is 1. The molecule has 3 rings (SSSR count). The molecule has 0 aliphatic heterocycles. The number of nitrogens with one attached hydrogen (secondary N) is 1. The highest BCUT2D eigenvalue weighted by Gasteiger charge is 2.24. The lowest BCUT2D eigenvalue weighted by molar-refractivity contribution is 0.412. The van der Waals surface area contributed by atoms with Gasteiger partial charge in [0.05, 0.1) is 7.11 Å². The van der Waals surface area contributed by atoms with E-state index in [1.807, 2.05) is 0 Å². The summed E-state index contributed by atoms with van der Waals surface area (Å²) in [7, 11) is 1.73. The molecule has 1 N–H and O–H groups in total. The van der Waals surface area contributed by atoms with Gasteiger partial charge in [-0.1, -0.05) is 34.1 Å². The third kappa shape index (κ3) is 3.14. The number of methoxy groups -OCH3 is 1. The van der Waals surface area contributed by atoms with E-state index in [0.717, 1.165) is 23.1 Å². The van der Waals surface area contributed by atoms with Crippen molar-refractivity contribution in [2.75, 3.05) is 7.11 Å². The van der Waals surface area contributed by atoms with Crippen LogP contribution >= 0.6 is 15.9 Å². The van der Waals surface area contributed by atoms with E-state index in [1.54, 1.807) is 7.11 Å². The van der Waals surface area contributed by atoms with Crippen LogP contribution < -0.4 is 10.1 Å². The Hall–Kier alpha value is -1.32. The molecule has 0 amide bonds. The Kier molecular flexibility index (Phi) is 4.32. The van der Waals surface area contributed by atoms with Gasteiger partial charge in [0.2, 0.25) is 0 Å². The number of rotatable bonds is 4. The zero-order valence-electron chi connectivity index (χ0n) is 12.4. The third-order valence-corrected chi connectivity index (χ3v) is 4.72. The van der Waals surface area contributed by atoms with E-state index >= 15 is 0 Å². The van der Waals surface area contributed by atoms with E-state index in [-0.39, 0.29) is 0 Å². The number of ether oxygens (including phenoxy) is 1. The summed E-state index contributed by atoms with van der Waals surface area (Å²) in [5, 5.41) is 3.75. The van der Waals surface area contributed by atoms with Crippen molar-refractivity contribution in [3.8, 4) is 5.75 Å². The predicted molar refractivity (Wildman–Crippen MR) is 89.7 cm³/mol. The van der Waals surface area contributed by atoms with E-state index < -0.39 is 0 Å². The van der Waals surface area contributed by atoms with Crippen LogP contribution in [0.3, 0.4) is 0 Å². The van der Waals surface area contributed by atoms with Gasteiger partial charge in [0, 0.05) is 16.6 Å². The molecule has 0 bridgehead atoms. The molecule has 21 heavy (non-hydrogen) atoms. The first-order valence-corrected chi connectivity index (χ1v) is 8.15. The minimum Gasteiger partial charge on any atom is -0.497 e. The summed E-state index contributed by atoms with van der Waals surface area (Å²) in [4.78, 5) is 0. The van der Waals surface area contributed by atoms with Crippen LogP contribution in [0.4, 0.5) is 0 Å². The summed E-state index contributed by atoms with van der Waals surface area (Å²) < 4.78 is 6.49. The summed E-state index contributed by atoms with van der Waals surface area (Å²) in [6.07, 6.45) is 2.29. The molecule has 2 aromatic carbocycles. The highest BCUT2D eigenvalue weighted by atomic mass is 79.9. The molecular formula is C18H20BrNO. The molecule has 0 fully saturated rings. The van der Waals surface area contributed by atoms with Crippen molar-refractivity contribution in [1.82, 2.24) is 5.32 Å². The van der Waals surface area contributed by atoms with Crippen LogP contribution in [0.15, 0.2) is 46.9 Å². The van der Waals surface area contributed by atoms with Crippen LogP contribution in [-0.4, -0.2) is 7.11 Å². The van der Waals surface area contributed by atoms with Crippen molar-refractivity contribution in [2.45, 2.75) is 31.8 Å². The van der Waals surface area contributed by atoms with Gasteiger partial charge >= 0.3 is 0 Å². The lowest BCUT2D eigenvalue weighted by Crippen LogP contribution is -2.23. The van der Waals surface area contributed by atoms with Crippen LogP contribution in [0.1, 0.15) is 42.1 Å². The Morgan fingerprint density at radius 2 is 2.10 bits per heavy atom. The topological polar surface area (TPSA) is 21.3 Å². The standard InChI is InChI=1S/C18H20BrNO/c1-12(14-4-3-5-15(19)10-14)20-18-9-7-13-6-8-16(21-2)11-17(13)18/h3-6,8,10-12,18,20H,7,9H2,1-2H3/t12-,18?/m1/s1. The van der Waals surface area contributed by atoms with Crippen molar-refractivity contribution < 1.29 is 4.74 Å². The van der Waals surface area contributed by atoms with Gasteiger partial charge in [-0.15, -0.1) is 0 Å². The van der Waals surface area contributed by atoms with Gasteiger partial charge in [-0.25, -0.2) is 0 Å². The fourth-order valence-corrected chi connectivity index (χ4v) is 3.47. The Bertz CT molecular complexity index is 641. The van der Waals surface area contributed by atoms with Crippen molar-refractivity contribution >= 4 is 15.9 Å². The normalized spacial score (nSPS) is 18.3. The zero-order valence-corrected chi connectivity index (χ0v) is 14.0. The Morgan fingerprint density at radius 1 is 1.24 bits per heavy atom. The molecule has 3 heteroatoms. The van der Waals surface area contributed by atoms with Crippen molar-refractivity contribution in [3.05, 3.63) is 63.6 Å². The summed E-state index contributed by atoms with van der Waals surface area (Å²) in [6.45, 7) is 2.22. The monoisotopic (exact) mass is 345 g/mol.